The van der Waals surface area contributed by atoms with Crippen molar-refractivity contribution in [1.29, 1.82) is 0 Å². The van der Waals surface area contributed by atoms with Crippen molar-refractivity contribution in [3.63, 3.8) is 0 Å². The maximum Gasteiger partial charge on any atom is 0.212 e. The summed E-state index contributed by atoms with van der Waals surface area (Å²) in [7, 11) is 3.82. The minimum atomic E-state index is -0.0400. The Balaban J connectivity index is 2.27. The molecule has 5 heteroatoms. The van der Waals surface area contributed by atoms with Gasteiger partial charge in [-0.15, -0.1) is 11.3 Å². The second-order valence-electron chi connectivity index (χ2n) is 3.75. The maximum atomic E-state index is 12.1. The Morgan fingerprint density at radius 3 is 2.47 bits per heavy atom. The molecule has 0 bridgehead atoms. The third kappa shape index (κ3) is 2.73. The molecular formula is C12H11BrN2OS. The Bertz CT molecular complexity index is 534. The number of halogens is 1. The van der Waals surface area contributed by atoms with Gasteiger partial charge in [0.15, 0.2) is 5.13 Å². The van der Waals surface area contributed by atoms with Gasteiger partial charge in [0.1, 0.15) is 5.69 Å². The number of thiazole rings is 1. The van der Waals surface area contributed by atoms with Gasteiger partial charge < -0.3 is 4.90 Å². The van der Waals surface area contributed by atoms with E-state index in [0.29, 0.717) is 11.3 Å². The molecule has 0 unspecified atom stereocenters. The van der Waals surface area contributed by atoms with Crippen LogP contribution in [0.2, 0.25) is 0 Å². The lowest BCUT2D eigenvalue weighted by molar-refractivity contribution is 0.103. The summed E-state index contributed by atoms with van der Waals surface area (Å²) in [6.45, 7) is 0. The topological polar surface area (TPSA) is 33.2 Å². The number of carbonyl (C=O) groups excluding carboxylic acids is 1. The standard InChI is InChI=1S/C12H11BrN2OS/c1-15(2)12-14-10(7-17-12)11(16)8-3-5-9(13)6-4-8/h3-7H,1-2H3. The van der Waals surface area contributed by atoms with Crippen molar-refractivity contribution < 1.29 is 4.79 Å². The molecule has 0 radical (unpaired) electrons. The van der Waals surface area contributed by atoms with E-state index in [-0.39, 0.29) is 5.78 Å². The number of benzene rings is 1. The normalized spacial score (nSPS) is 10.3. The first kappa shape index (κ1) is 12.3. The average Bonchev–Trinajstić information content (AvgIpc) is 2.78. The molecule has 0 fully saturated rings. The third-order valence-electron chi connectivity index (χ3n) is 2.21. The minimum Gasteiger partial charge on any atom is -0.354 e. The Morgan fingerprint density at radius 1 is 1.29 bits per heavy atom. The van der Waals surface area contributed by atoms with Crippen molar-refractivity contribution in [2.45, 2.75) is 0 Å². The quantitative estimate of drug-likeness (QED) is 0.816. The van der Waals surface area contributed by atoms with E-state index in [1.807, 2.05) is 31.1 Å². The van der Waals surface area contributed by atoms with Crippen LogP contribution in [0.25, 0.3) is 0 Å². The largest absolute Gasteiger partial charge is 0.354 e. The van der Waals surface area contributed by atoms with E-state index in [9.17, 15) is 4.79 Å². The molecule has 1 aromatic heterocycles. The van der Waals surface area contributed by atoms with Crippen molar-refractivity contribution in [3.8, 4) is 0 Å². The first-order valence-electron chi connectivity index (χ1n) is 5.01. The fraction of sp³-hybridized carbons (Fsp3) is 0.167. The fourth-order valence-corrected chi connectivity index (χ4v) is 2.33. The second-order valence-corrected chi connectivity index (χ2v) is 5.50. The molecule has 17 heavy (non-hydrogen) atoms. The molecule has 88 valence electrons. The van der Waals surface area contributed by atoms with Crippen LogP contribution in [-0.4, -0.2) is 24.9 Å². The summed E-state index contributed by atoms with van der Waals surface area (Å²) in [6.07, 6.45) is 0. The summed E-state index contributed by atoms with van der Waals surface area (Å²) in [5.41, 5.74) is 1.16. The van der Waals surface area contributed by atoms with Gasteiger partial charge in [0, 0.05) is 29.5 Å². The van der Waals surface area contributed by atoms with Crippen LogP contribution >= 0.6 is 27.3 Å². The molecule has 0 aliphatic carbocycles. The number of ketones is 1. The molecule has 0 aliphatic rings. The number of hydrogen-bond acceptors (Lipinski definition) is 4. The Hall–Kier alpha value is -1.20. The first-order chi connectivity index (χ1) is 8.08. The predicted molar refractivity (Wildman–Crippen MR) is 74.0 cm³/mol. The highest BCUT2D eigenvalue weighted by molar-refractivity contribution is 9.10. The van der Waals surface area contributed by atoms with Gasteiger partial charge in [-0.2, -0.15) is 0 Å². The maximum absolute atomic E-state index is 12.1. The van der Waals surface area contributed by atoms with Crippen molar-refractivity contribution in [3.05, 3.63) is 45.4 Å². The number of anilines is 1. The number of rotatable bonds is 3. The average molecular weight is 311 g/mol. The van der Waals surface area contributed by atoms with Crippen LogP contribution in [0.3, 0.4) is 0 Å². The molecule has 1 heterocycles. The molecule has 2 rings (SSSR count). The fourth-order valence-electron chi connectivity index (χ4n) is 1.32. The van der Waals surface area contributed by atoms with Gasteiger partial charge in [-0.1, -0.05) is 15.9 Å². The van der Waals surface area contributed by atoms with Gasteiger partial charge in [0.05, 0.1) is 0 Å². The van der Waals surface area contributed by atoms with E-state index in [1.165, 1.54) is 11.3 Å². The molecule has 1 aromatic carbocycles. The molecular weight excluding hydrogens is 300 g/mol. The summed E-state index contributed by atoms with van der Waals surface area (Å²) in [5, 5.41) is 2.63. The molecule has 0 spiro atoms. The molecule has 2 aromatic rings. The SMILES string of the molecule is CN(C)c1nc(C(=O)c2ccc(Br)cc2)cs1. The van der Waals surface area contributed by atoms with E-state index < -0.39 is 0 Å². The van der Waals surface area contributed by atoms with E-state index in [0.717, 1.165) is 9.60 Å². The molecule has 0 saturated heterocycles. The molecule has 0 aliphatic heterocycles. The lowest BCUT2D eigenvalue weighted by atomic mass is 10.1. The summed E-state index contributed by atoms with van der Waals surface area (Å²) in [4.78, 5) is 18.3. The van der Waals surface area contributed by atoms with E-state index in [1.54, 1.807) is 17.5 Å². The lowest BCUT2D eigenvalue weighted by Gasteiger charge is -2.05. The van der Waals surface area contributed by atoms with Crippen LogP contribution in [0, 0.1) is 0 Å². The minimum absolute atomic E-state index is 0.0400. The smallest absolute Gasteiger partial charge is 0.212 e. The number of aromatic nitrogens is 1. The summed E-state index contributed by atoms with van der Waals surface area (Å²) in [6, 6.07) is 7.29. The Morgan fingerprint density at radius 2 is 1.94 bits per heavy atom. The highest BCUT2D eigenvalue weighted by Crippen LogP contribution is 2.20. The monoisotopic (exact) mass is 310 g/mol. The molecule has 0 amide bonds. The van der Waals surface area contributed by atoms with Gasteiger partial charge in [0.25, 0.3) is 0 Å². The van der Waals surface area contributed by atoms with Crippen molar-refractivity contribution in [1.82, 2.24) is 4.98 Å². The van der Waals surface area contributed by atoms with Gasteiger partial charge in [-0.05, 0) is 24.3 Å². The highest BCUT2D eigenvalue weighted by Gasteiger charge is 2.13. The molecule has 3 nitrogen and oxygen atoms in total. The highest BCUT2D eigenvalue weighted by atomic mass is 79.9. The van der Waals surface area contributed by atoms with Crippen molar-refractivity contribution >= 4 is 38.2 Å². The summed E-state index contributed by atoms with van der Waals surface area (Å²) < 4.78 is 0.960. The molecule has 0 atom stereocenters. The Kier molecular flexibility index (Phi) is 3.59. The van der Waals surface area contributed by atoms with Gasteiger partial charge in [0.2, 0.25) is 5.78 Å². The van der Waals surface area contributed by atoms with E-state index in [4.69, 9.17) is 0 Å². The van der Waals surface area contributed by atoms with E-state index in [2.05, 4.69) is 20.9 Å². The van der Waals surface area contributed by atoms with Crippen LogP contribution in [0.4, 0.5) is 5.13 Å². The molecule has 0 saturated carbocycles. The van der Waals surface area contributed by atoms with Crippen LogP contribution in [0.15, 0.2) is 34.1 Å². The van der Waals surface area contributed by atoms with Crippen molar-refractivity contribution in [2.75, 3.05) is 19.0 Å². The first-order valence-corrected chi connectivity index (χ1v) is 6.68. The summed E-state index contributed by atoms with van der Waals surface area (Å²) in [5.74, 6) is -0.0400. The molecule has 0 N–H and O–H groups in total. The zero-order valence-electron chi connectivity index (χ0n) is 9.48. The number of hydrogen-bond donors (Lipinski definition) is 0. The number of carbonyl (C=O) groups is 1. The Labute approximate surface area is 112 Å². The van der Waals surface area contributed by atoms with Crippen LogP contribution in [-0.2, 0) is 0 Å². The zero-order valence-corrected chi connectivity index (χ0v) is 11.9. The van der Waals surface area contributed by atoms with E-state index >= 15 is 0 Å². The van der Waals surface area contributed by atoms with Gasteiger partial charge in [-0.3, -0.25) is 4.79 Å². The van der Waals surface area contributed by atoms with Crippen LogP contribution < -0.4 is 4.90 Å². The lowest BCUT2D eigenvalue weighted by Crippen LogP contribution is -2.09. The predicted octanol–water partition coefficient (Wildman–Crippen LogP) is 3.20. The second kappa shape index (κ2) is 4.98. The van der Waals surface area contributed by atoms with Crippen LogP contribution in [0.1, 0.15) is 16.1 Å². The number of nitrogens with zero attached hydrogens (tertiary/aromatic N) is 2. The van der Waals surface area contributed by atoms with Gasteiger partial charge >= 0.3 is 0 Å². The van der Waals surface area contributed by atoms with Gasteiger partial charge in [-0.25, -0.2) is 4.98 Å². The summed E-state index contributed by atoms with van der Waals surface area (Å²) >= 11 is 4.81. The third-order valence-corrected chi connectivity index (χ3v) is 3.75. The zero-order chi connectivity index (χ0) is 12.4. The van der Waals surface area contributed by atoms with Crippen molar-refractivity contribution in [2.24, 2.45) is 0 Å². The van der Waals surface area contributed by atoms with Crippen LogP contribution in [0.5, 0.6) is 0 Å².